The number of rotatable bonds is 5. The Hall–Kier alpha value is -2.33. The van der Waals surface area contributed by atoms with Gasteiger partial charge in [-0.3, -0.25) is 4.79 Å². The van der Waals surface area contributed by atoms with Gasteiger partial charge in [-0.15, -0.1) is 0 Å². The molecule has 1 atom stereocenters. The van der Waals surface area contributed by atoms with E-state index in [1.807, 2.05) is 30.3 Å². The standard InChI is InChI=1S/C16H15ClN2O2/c1-12(21-15-9-7-14(17)8-10-15)16(20)19-18-11-13-5-3-2-4-6-13/h2-12H,1H3,(H,19,20)/b18-11+. The molecule has 0 aliphatic carbocycles. The van der Waals surface area contributed by atoms with Crippen molar-refractivity contribution in [2.45, 2.75) is 13.0 Å². The van der Waals surface area contributed by atoms with E-state index < -0.39 is 6.10 Å². The number of hydrogen-bond acceptors (Lipinski definition) is 3. The van der Waals surface area contributed by atoms with Gasteiger partial charge in [-0.1, -0.05) is 41.9 Å². The van der Waals surface area contributed by atoms with Crippen molar-refractivity contribution in [3.05, 3.63) is 65.2 Å². The van der Waals surface area contributed by atoms with Crippen LogP contribution in [-0.2, 0) is 4.79 Å². The summed E-state index contributed by atoms with van der Waals surface area (Å²) >= 11 is 5.78. The van der Waals surface area contributed by atoms with Crippen molar-refractivity contribution in [2.24, 2.45) is 5.10 Å². The number of carbonyl (C=O) groups is 1. The minimum Gasteiger partial charge on any atom is -0.481 e. The topological polar surface area (TPSA) is 50.7 Å². The Morgan fingerprint density at radius 1 is 1.19 bits per heavy atom. The molecule has 0 bridgehead atoms. The smallest absolute Gasteiger partial charge is 0.280 e. The van der Waals surface area contributed by atoms with Crippen molar-refractivity contribution < 1.29 is 9.53 Å². The molecule has 0 aliphatic rings. The summed E-state index contributed by atoms with van der Waals surface area (Å²) in [7, 11) is 0. The molecule has 0 fully saturated rings. The molecule has 0 aliphatic heterocycles. The summed E-state index contributed by atoms with van der Waals surface area (Å²) in [5.41, 5.74) is 3.35. The third-order valence-electron chi connectivity index (χ3n) is 2.68. The molecule has 108 valence electrons. The maximum Gasteiger partial charge on any atom is 0.280 e. The average Bonchev–Trinajstić information content (AvgIpc) is 2.50. The molecule has 1 N–H and O–H groups in total. The first-order chi connectivity index (χ1) is 10.1. The van der Waals surface area contributed by atoms with Crippen LogP contribution in [0.2, 0.25) is 5.02 Å². The third-order valence-corrected chi connectivity index (χ3v) is 2.94. The van der Waals surface area contributed by atoms with Crippen LogP contribution in [-0.4, -0.2) is 18.2 Å². The monoisotopic (exact) mass is 302 g/mol. The number of benzene rings is 2. The fourth-order valence-corrected chi connectivity index (χ4v) is 1.70. The van der Waals surface area contributed by atoms with Crippen molar-refractivity contribution in [1.82, 2.24) is 5.43 Å². The van der Waals surface area contributed by atoms with Crippen LogP contribution in [0.15, 0.2) is 59.7 Å². The lowest BCUT2D eigenvalue weighted by atomic mass is 10.2. The largest absolute Gasteiger partial charge is 0.481 e. The quantitative estimate of drug-likeness (QED) is 0.681. The molecular weight excluding hydrogens is 288 g/mol. The Morgan fingerprint density at radius 2 is 1.86 bits per heavy atom. The molecule has 1 unspecified atom stereocenters. The summed E-state index contributed by atoms with van der Waals surface area (Å²) in [6.45, 7) is 1.65. The van der Waals surface area contributed by atoms with Crippen LogP contribution in [0, 0.1) is 0 Å². The van der Waals surface area contributed by atoms with Crippen LogP contribution >= 0.6 is 11.6 Å². The van der Waals surface area contributed by atoms with Crippen molar-refractivity contribution in [3.63, 3.8) is 0 Å². The van der Waals surface area contributed by atoms with Crippen LogP contribution in [0.3, 0.4) is 0 Å². The van der Waals surface area contributed by atoms with Crippen molar-refractivity contribution in [3.8, 4) is 5.75 Å². The lowest BCUT2D eigenvalue weighted by Crippen LogP contribution is -2.33. The second-order valence-electron chi connectivity index (χ2n) is 4.36. The lowest BCUT2D eigenvalue weighted by Gasteiger charge is -2.12. The van der Waals surface area contributed by atoms with Crippen molar-refractivity contribution in [2.75, 3.05) is 0 Å². The summed E-state index contributed by atoms with van der Waals surface area (Å²) in [6, 6.07) is 16.3. The highest BCUT2D eigenvalue weighted by molar-refractivity contribution is 6.30. The predicted octanol–water partition coefficient (Wildman–Crippen LogP) is 3.26. The molecule has 1 amide bonds. The van der Waals surface area contributed by atoms with Gasteiger partial charge in [0.15, 0.2) is 6.10 Å². The molecule has 2 aromatic carbocycles. The van der Waals surface area contributed by atoms with Gasteiger partial charge in [0.2, 0.25) is 0 Å². The highest BCUT2D eigenvalue weighted by atomic mass is 35.5. The first-order valence-corrected chi connectivity index (χ1v) is 6.83. The molecule has 0 saturated heterocycles. The zero-order valence-electron chi connectivity index (χ0n) is 11.5. The Bertz CT molecular complexity index is 612. The van der Waals surface area contributed by atoms with Crippen LogP contribution in [0.1, 0.15) is 12.5 Å². The molecule has 0 heterocycles. The van der Waals surface area contributed by atoms with E-state index >= 15 is 0 Å². The number of carbonyl (C=O) groups excluding carboxylic acids is 1. The van der Waals surface area contributed by atoms with Gasteiger partial charge >= 0.3 is 0 Å². The summed E-state index contributed by atoms with van der Waals surface area (Å²) < 4.78 is 5.49. The number of halogens is 1. The second kappa shape index (κ2) is 7.45. The fourth-order valence-electron chi connectivity index (χ4n) is 1.57. The SMILES string of the molecule is CC(Oc1ccc(Cl)cc1)C(=O)N/N=C/c1ccccc1. The van der Waals surface area contributed by atoms with Gasteiger partial charge in [0.25, 0.3) is 5.91 Å². The molecular formula is C16H15ClN2O2. The minimum absolute atomic E-state index is 0.322. The molecule has 2 aromatic rings. The molecule has 21 heavy (non-hydrogen) atoms. The zero-order valence-corrected chi connectivity index (χ0v) is 12.2. The number of ether oxygens (including phenoxy) is 1. The predicted molar refractivity (Wildman–Crippen MR) is 83.7 cm³/mol. The molecule has 0 saturated carbocycles. The van der Waals surface area contributed by atoms with Gasteiger partial charge in [-0.25, -0.2) is 5.43 Å². The van der Waals surface area contributed by atoms with E-state index in [2.05, 4.69) is 10.5 Å². The Balaban J connectivity index is 1.85. The van der Waals surface area contributed by atoms with Gasteiger partial charge in [0, 0.05) is 5.02 Å². The number of nitrogens with zero attached hydrogens (tertiary/aromatic N) is 1. The Labute approximate surface area is 128 Å². The van der Waals surface area contributed by atoms with E-state index in [1.54, 1.807) is 37.4 Å². The van der Waals surface area contributed by atoms with E-state index in [-0.39, 0.29) is 5.91 Å². The first kappa shape index (κ1) is 15.1. The van der Waals surface area contributed by atoms with Gasteiger partial charge in [0.1, 0.15) is 5.75 Å². The molecule has 4 nitrogen and oxygen atoms in total. The Morgan fingerprint density at radius 3 is 2.52 bits per heavy atom. The molecule has 0 radical (unpaired) electrons. The Kier molecular flexibility index (Phi) is 5.35. The summed E-state index contributed by atoms with van der Waals surface area (Å²) in [5, 5.41) is 4.51. The van der Waals surface area contributed by atoms with E-state index in [0.717, 1.165) is 5.56 Å². The number of amides is 1. The van der Waals surface area contributed by atoms with Crippen molar-refractivity contribution >= 4 is 23.7 Å². The summed E-state index contributed by atoms with van der Waals surface area (Å²) in [6.07, 6.45) is 0.923. The molecule has 2 rings (SSSR count). The highest BCUT2D eigenvalue weighted by Crippen LogP contribution is 2.16. The minimum atomic E-state index is -0.654. The van der Waals surface area contributed by atoms with Gasteiger partial charge in [0.05, 0.1) is 6.21 Å². The maximum absolute atomic E-state index is 11.8. The van der Waals surface area contributed by atoms with E-state index in [4.69, 9.17) is 16.3 Å². The number of nitrogens with one attached hydrogen (secondary N) is 1. The zero-order chi connectivity index (χ0) is 15.1. The van der Waals surface area contributed by atoms with Gasteiger partial charge in [-0.05, 0) is 36.8 Å². The molecule has 0 spiro atoms. The second-order valence-corrected chi connectivity index (χ2v) is 4.80. The van der Waals surface area contributed by atoms with E-state index in [0.29, 0.717) is 10.8 Å². The van der Waals surface area contributed by atoms with Crippen molar-refractivity contribution in [1.29, 1.82) is 0 Å². The fraction of sp³-hybridized carbons (Fsp3) is 0.125. The van der Waals surface area contributed by atoms with Crippen LogP contribution < -0.4 is 10.2 Å². The lowest BCUT2D eigenvalue weighted by molar-refractivity contribution is -0.127. The third kappa shape index (κ3) is 4.93. The normalized spacial score (nSPS) is 12.1. The number of hydrogen-bond donors (Lipinski definition) is 1. The summed E-state index contributed by atoms with van der Waals surface area (Å²) in [5.74, 6) is 0.256. The highest BCUT2D eigenvalue weighted by Gasteiger charge is 2.13. The molecule has 0 aromatic heterocycles. The van der Waals surface area contributed by atoms with Crippen LogP contribution in [0.5, 0.6) is 5.75 Å². The van der Waals surface area contributed by atoms with Crippen LogP contribution in [0.25, 0.3) is 0 Å². The maximum atomic E-state index is 11.8. The average molecular weight is 303 g/mol. The molecule has 5 heteroatoms. The van der Waals surface area contributed by atoms with Gasteiger partial charge < -0.3 is 4.74 Å². The first-order valence-electron chi connectivity index (χ1n) is 6.45. The van der Waals surface area contributed by atoms with E-state index in [1.165, 1.54) is 0 Å². The van der Waals surface area contributed by atoms with Gasteiger partial charge in [-0.2, -0.15) is 5.10 Å². The van der Waals surface area contributed by atoms with Crippen LogP contribution in [0.4, 0.5) is 0 Å². The van der Waals surface area contributed by atoms with E-state index in [9.17, 15) is 4.79 Å². The summed E-state index contributed by atoms with van der Waals surface area (Å²) in [4.78, 5) is 11.8. The number of hydrazone groups is 1.